The third kappa shape index (κ3) is 3.58. The van der Waals surface area contributed by atoms with E-state index in [9.17, 15) is 14.7 Å². The van der Waals surface area contributed by atoms with Crippen LogP contribution in [0.2, 0.25) is 0 Å². The molecule has 0 unspecified atom stereocenters. The zero-order valence-corrected chi connectivity index (χ0v) is 14.5. The van der Waals surface area contributed by atoms with Crippen molar-refractivity contribution < 1.29 is 19.8 Å². The van der Waals surface area contributed by atoms with Gasteiger partial charge in [-0.3, -0.25) is 4.79 Å². The molecular formula is C12H7I2N3O4. The summed E-state index contributed by atoms with van der Waals surface area (Å²) in [6.07, 6.45) is 2.48. The van der Waals surface area contributed by atoms with Crippen LogP contribution in [0, 0.1) is 7.14 Å². The van der Waals surface area contributed by atoms with E-state index in [-0.39, 0.29) is 22.8 Å². The third-order valence-electron chi connectivity index (χ3n) is 2.41. The second kappa shape index (κ2) is 6.51. The standard InChI is InChI=1S/C12H7I2N3O4/c13-5-3-6(9(18)7(14)4-5)11(19)17-10-8(12(20)21)15-1-2-16-10/h1-4,18H,(H,20,21)(H,16,17,19). The van der Waals surface area contributed by atoms with Crippen molar-refractivity contribution in [3.63, 3.8) is 0 Å². The lowest BCUT2D eigenvalue weighted by molar-refractivity contribution is 0.0691. The Morgan fingerprint density at radius 3 is 2.48 bits per heavy atom. The van der Waals surface area contributed by atoms with Gasteiger partial charge >= 0.3 is 5.97 Å². The van der Waals surface area contributed by atoms with Crippen LogP contribution >= 0.6 is 45.2 Å². The van der Waals surface area contributed by atoms with Crippen LogP contribution in [0.1, 0.15) is 20.8 Å². The Morgan fingerprint density at radius 1 is 1.14 bits per heavy atom. The molecule has 0 saturated carbocycles. The highest BCUT2D eigenvalue weighted by Crippen LogP contribution is 2.27. The fraction of sp³-hybridized carbons (Fsp3) is 0. The van der Waals surface area contributed by atoms with E-state index < -0.39 is 11.9 Å². The molecule has 0 aliphatic carbocycles. The van der Waals surface area contributed by atoms with Crippen molar-refractivity contribution in [3.05, 3.63) is 42.9 Å². The molecule has 0 aliphatic heterocycles. The lowest BCUT2D eigenvalue weighted by Crippen LogP contribution is -2.17. The van der Waals surface area contributed by atoms with Gasteiger partial charge in [-0.1, -0.05) is 0 Å². The van der Waals surface area contributed by atoms with E-state index in [2.05, 4.69) is 15.3 Å². The molecule has 21 heavy (non-hydrogen) atoms. The molecule has 1 aromatic carbocycles. The van der Waals surface area contributed by atoms with E-state index in [1.54, 1.807) is 6.07 Å². The van der Waals surface area contributed by atoms with E-state index in [1.165, 1.54) is 18.5 Å². The van der Waals surface area contributed by atoms with Gasteiger partial charge in [-0.25, -0.2) is 14.8 Å². The molecule has 0 spiro atoms. The van der Waals surface area contributed by atoms with Gasteiger partial charge in [0.1, 0.15) is 5.75 Å². The normalized spacial score (nSPS) is 10.2. The molecular weight excluding hydrogens is 504 g/mol. The Hall–Kier alpha value is -1.50. The van der Waals surface area contributed by atoms with Gasteiger partial charge in [-0.2, -0.15) is 0 Å². The second-order valence-electron chi connectivity index (χ2n) is 3.80. The Morgan fingerprint density at radius 2 is 1.81 bits per heavy atom. The molecule has 7 nitrogen and oxygen atoms in total. The monoisotopic (exact) mass is 511 g/mol. The lowest BCUT2D eigenvalue weighted by atomic mass is 10.2. The molecule has 0 saturated heterocycles. The molecule has 0 bridgehead atoms. The summed E-state index contributed by atoms with van der Waals surface area (Å²) in [5.41, 5.74) is -0.334. The summed E-state index contributed by atoms with van der Waals surface area (Å²) in [6, 6.07) is 3.20. The average molecular weight is 511 g/mol. The summed E-state index contributed by atoms with van der Waals surface area (Å²) in [7, 11) is 0. The molecule has 1 heterocycles. The molecule has 108 valence electrons. The van der Waals surface area contributed by atoms with Gasteiger partial charge in [-0.05, 0) is 57.3 Å². The van der Waals surface area contributed by atoms with Crippen LogP contribution in [0.25, 0.3) is 0 Å². The Labute approximate surface area is 146 Å². The maximum Gasteiger partial charge on any atom is 0.358 e. The second-order valence-corrected chi connectivity index (χ2v) is 6.20. The van der Waals surface area contributed by atoms with Gasteiger partial charge in [0.05, 0.1) is 9.13 Å². The molecule has 0 fully saturated rings. The summed E-state index contributed by atoms with van der Waals surface area (Å²) in [4.78, 5) is 30.6. The van der Waals surface area contributed by atoms with Gasteiger partial charge in [0.2, 0.25) is 0 Å². The largest absolute Gasteiger partial charge is 0.506 e. The number of aromatic hydroxyl groups is 1. The smallest absolute Gasteiger partial charge is 0.358 e. The van der Waals surface area contributed by atoms with Crippen molar-refractivity contribution in [2.24, 2.45) is 0 Å². The number of carbonyl (C=O) groups excluding carboxylic acids is 1. The zero-order chi connectivity index (χ0) is 15.6. The van der Waals surface area contributed by atoms with Crippen molar-refractivity contribution in [2.45, 2.75) is 0 Å². The fourth-order valence-electron chi connectivity index (χ4n) is 1.50. The number of nitrogens with one attached hydrogen (secondary N) is 1. The number of aromatic carboxylic acids is 1. The predicted octanol–water partition coefficient (Wildman–Crippen LogP) is 2.34. The number of benzene rings is 1. The molecule has 9 heteroatoms. The van der Waals surface area contributed by atoms with Crippen molar-refractivity contribution in [2.75, 3.05) is 5.32 Å². The maximum atomic E-state index is 12.2. The number of hydrogen-bond donors (Lipinski definition) is 3. The van der Waals surface area contributed by atoms with Crippen LogP contribution in [0.4, 0.5) is 5.82 Å². The number of nitrogens with zero attached hydrogens (tertiary/aromatic N) is 2. The van der Waals surface area contributed by atoms with Gasteiger partial charge in [0.25, 0.3) is 5.91 Å². The maximum absolute atomic E-state index is 12.2. The SMILES string of the molecule is O=C(Nc1nccnc1C(=O)O)c1cc(I)cc(I)c1O. The van der Waals surface area contributed by atoms with E-state index in [1.807, 2.05) is 45.2 Å². The Bertz CT molecular complexity index is 736. The molecule has 0 radical (unpaired) electrons. The topological polar surface area (TPSA) is 112 Å². The number of anilines is 1. The third-order valence-corrected chi connectivity index (χ3v) is 3.85. The van der Waals surface area contributed by atoms with Crippen molar-refractivity contribution in [1.29, 1.82) is 0 Å². The molecule has 2 rings (SSSR count). The first-order valence-corrected chi connectivity index (χ1v) is 7.59. The number of phenolic OH excluding ortho intramolecular Hbond substituents is 1. The van der Waals surface area contributed by atoms with Crippen LogP contribution < -0.4 is 5.32 Å². The number of carboxylic acid groups (broad SMARTS) is 1. The molecule has 2 aromatic rings. The lowest BCUT2D eigenvalue weighted by Gasteiger charge is -2.09. The van der Waals surface area contributed by atoms with Crippen LogP contribution in [-0.4, -0.2) is 32.1 Å². The first-order valence-electron chi connectivity index (χ1n) is 5.44. The number of phenols is 1. The number of aromatic nitrogens is 2. The van der Waals surface area contributed by atoms with Crippen molar-refractivity contribution >= 4 is 62.9 Å². The predicted molar refractivity (Wildman–Crippen MR) is 90.5 cm³/mol. The Kier molecular flexibility index (Phi) is 4.92. The zero-order valence-electron chi connectivity index (χ0n) is 10.2. The van der Waals surface area contributed by atoms with Crippen LogP contribution in [0.5, 0.6) is 5.75 Å². The van der Waals surface area contributed by atoms with Gasteiger partial charge in [-0.15, -0.1) is 0 Å². The summed E-state index contributed by atoms with van der Waals surface area (Å²) in [5.74, 6) is -2.32. The van der Waals surface area contributed by atoms with Gasteiger partial charge < -0.3 is 15.5 Å². The highest BCUT2D eigenvalue weighted by Gasteiger charge is 2.19. The minimum Gasteiger partial charge on any atom is -0.506 e. The number of rotatable bonds is 3. The minimum atomic E-state index is -1.31. The molecule has 0 atom stereocenters. The molecule has 1 aromatic heterocycles. The number of halogens is 2. The number of carboxylic acids is 1. The first-order chi connectivity index (χ1) is 9.90. The van der Waals surface area contributed by atoms with E-state index in [0.717, 1.165) is 3.57 Å². The summed E-state index contributed by atoms with van der Waals surface area (Å²) in [5, 5.41) is 21.3. The molecule has 3 N–H and O–H groups in total. The number of hydrogen-bond acceptors (Lipinski definition) is 5. The van der Waals surface area contributed by atoms with Crippen LogP contribution in [0.15, 0.2) is 24.5 Å². The fourth-order valence-corrected chi connectivity index (χ4v) is 3.34. The highest BCUT2D eigenvalue weighted by atomic mass is 127. The highest BCUT2D eigenvalue weighted by molar-refractivity contribution is 14.1. The van der Waals surface area contributed by atoms with Crippen LogP contribution in [0.3, 0.4) is 0 Å². The minimum absolute atomic E-state index is 0.0355. The van der Waals surface area contributed by atoms with Crippen LogP contribution in [-0.2, 0) is 0 Å². The quantitative estimate of drug-likeness (QED) is 0.546. The Balaban J connectivity index is 2.38. The van der Waals surface area contributed by atoms with Crippen molar-refractivity contribution in [3.8, 4) is 5.75 Å². The van der Waals surface area contributed by atoms with E-state index >= 15 is 0 Å². The van der Waals surface area contributed by atoms with E-state index in [4.69, 9.17) is 5.11 Å². The number of carbonyl (C=O) groups is 2. The number of amides is 1. The molecule has 0 aliphatic rings. The van der Waals surface area contributed by atoms with Gasteiger partial charge in [0.15, 0.2) is 11.5 Å². The van der Waals surface area contributed by atoms with Gasteiger partial charge in [0, 0.05) is 16.0 Å². The summed E-state index contributed by atoms with van der Waals surface area (Å²) >= 11 is 3.91. The summed E-state index contributed by atoms with van der Waals surface area (Å²) in [6.45, 7) is 0. The van der Waals surface area contributed by atoms with E-state index in [0.29, 0.717) is 3.57 Å². The first kappa shape index (κ1) is 15.9. The average Bonchev–Trinajstić information content (AvgIpc) is 2.43. The van der Waals surface area contributed by atoms with Crippen molar-refractivity contribution in [1.82, 2.24) is 9.97 Å². The summed E-state index contributed by atoms with van der Waals surface area (Å²) < 4.78 is 1.28. The molecule has 1 amide bonds.